The Bertz CT molecular complexity index is 911. The molecule has 3 heterocycles. The largest absolute Gasteiger partial charge is 0.412 e. The first-order valence-electron chi connectivity index (χ1n) is 11.7. The minimum Gasteiger partial charge on any atom is -0.412 e. The van der Waals surface area contributed by atoms with Crippen LogP contribution in [0.15, 0.2) is 42.5 Å². The van der Waals surface area contributed by atoms with Gasteiger partial charge in [0.15, 0.2) is 0 Å². The molecule has 2 saturated heterocycles. The minimum atomic E-state index is -0.227. The van der Waals surface area contributed by atoms with Gasteiger partial charge in [0.2, 0.25) is 0 Å². The molecule has 0 unspecified atom stereocenters. The minimum absolute atomic E-state index is 0. The number of hydrogen-bond donors (Lipinski definition) is 1. The first kappa shape index (κ1) is 37.9. The topological polar surface area (TPSA) is 116 Å². The summed E-state index contributed by atoms with van der Waals surface area (Å²) in [5.41, 5.74) is 3.16. The van der Waals surface area contributed by atoms with Crippen LogP contribution >= 0.6 is 37.2 Å². The Kier molecular flexibility index (Phi) is 17.8. The van der Waals surface area contributed by atoms with Crippen molar-refractivity contribution in [3.05, 3.63) is 59.7 Å². The van der Waals surface area contributed by atoms with E-state index in [9.17, 15) is 8.78 Å². The Morgan fingerprint density at radius 1 is 0.757 bits per heavy atom. The molecule has 0 aromatic heterocycles. The highest BCUT2D eigenvalue weighted by atomic mass is 35.5. The van der Waals surface area contributed by atoms with E-state index < -0.39 is 0 Å². The monoisotopic (exact) mass is 588 g/mol. The molecule has 3 aliphatic heterocycles. The summed E-state index contributed by atoms with van der Waals surface area (Å²) < 4.78 is 27.6. The van der Waals surface area contributed by atoms with Crippen molar-refractivity contribution in [3.63, 3.8) is 0 Å². The van der Waals surface area contributed by atoms with Gasteiger partial charge in [0.25, 0.3) is 0 Å². The molecule has 2 aromatic carbocycles. The molecule has 214 valence electrons. The number of fused-ring (bicyclic) bond motifs is 3. The Balaban J connectivity index is 0. The average molecular weight is 590 g/mol. The van der Waals surface area contributed by atoms with Gasteiger partial charge in [-0.05, 0) is 80.4 Å². The van der Waals surface area contributed by atoms with Gasteiger partial charge in [0.1, 0.15) is 11.6 Å². The molecule has 0 aliphatic carbocycles. The number of unbranched alkanes of at least 4 members (excludes halogenated alkanes) is 1. The number of likely N-dealkylation sites (tertiary alicyclic amines) is 1. The van der Waals surface area contributed by atoms with Crippen molar-refractivity contribution in [3.8, 4) is 0 Å². The van der Waals surface area contributed by atoms with E-state index in [1.165, 1.54) is 31.5 Å². The standard InChI is InChI=1S/C25H32F2N4.3ClH.3H2O/c26-19-3-6-21(7-4-19)31-24-8-5-20(27)17-22(24)23-18-30(14-9-25(23)31)13-2-1-12-29-15-10-28-11-16-29;;;;;;/h3-8,17,23,25,28H,1-2,9-16,18H2;3*1H;3*1H2/t23-,25+;;;;;;/m0....../s1. The van der Waals surface area contributed by atoms with Gasteiger partial charge in [0, 0.05) is 62.6 Å². The fourth-order valence-corrected chi connectivity index (χ4v) is 5.58. The number of rotatable bonds is 6. The highest BCUT2D eigenvalue weighted by molar-refractivity contribution is 5.86. The molecular weight excluding hydrogens is 549 g/mol. The Morgan fingerprint density at radius 3 is 2.00 bits per heavy atom. The van der Waals surface area contributed by atoms with Crippen molar-refractivity contribution < 1.29 is 25.2 Å². The summed E-state index contributed by atoms with van der Waals surface area (Å²) in [7, 11) is 0. The van der Waals surface area contributed by atoms with E-state index in [2.05, 4.69) is 20.0 Å². The van der Waals surface area contributed by atoms with Crippen molar-refractivity contribution in [2.24, 2.45) is 0 Å². The van der Waals surface area contributed by atoms with Crippen LogP contribution in [0.25, 0.3) is 0 Å². The number of anilines is 2. The molecule has 2 fully saturated rings. The maximum atomic E-state index is 14.1. The maximum Gasteiger partial charge on any atom is 0.123 e. The van der Waals surface area contributed by atoms with Crippen LogP contribution in [0.5, 0.6) is 0 Å². The number of piperazine rings is 1. The van der Waals surface area contributed by atoms with Gasteiger partial charge in [0.05, 0.1) is 0 Å². The number of piperidine rings is 1. The summed E-state index contributed by atoms with van der Waals surface area (Å²) >= 11 is 0. The van der Waals surface area contributed by atoms with Crippen LogP contribution < -0.4 is 10.2 Å². The third-order valence-electron chi connectivity index (χ3n) is 7.15. The molecule has 0 amide bonds. The maximum absolute atomic E-state index is 14.1. The summed E-state index contributed by atoms with van der Waals surface area (Å²) in [6, 6.07) is 12.2. The van der Waals surface area contributed by atoms with Gasteiger partial charge in [-0.1, -0.05) is 0 Å². The third kappa shape index (κ3) is 8.61. The van der Waals surface area contributed by atoms with Gasteiger partial charge in [-0.15, -0.1) is 37.2 Å². The second-order valence-electron chi connectivity index (χ2n) is 9.11. The van der Waals surface area contributed by atoms with E-state index in [0.717, 1.165) is 69.2 Å². The molecule has 12 heteroatoms. The smallest absolute Gasteiger partial charge is 0.123 e. The molecule has 0 radical (unpaired) electrons. The summed E-state index contributed by atoms with van der Waals surface area (Å²) in [6.07, 6.45) is 3.48. The van der Waals surface area contributed by atoms with Crippen LogP contribution in [-0.4, -0.2) is 84.6 Å². The number of benzene rings is 2. The zero-order chi connectivity index (χ0) is 21.2. The predicted molar refractivity (Wildman–Crippen MR) is 154 cm³/mol. The molecule has 5 rings (SSSR count). The average Bonchev–Trinajstić information content (AvgIpc) is 3.11. The lowest BCUT2D eigenvalue weighted by Gasteiger charge is -2.39. The van der Waals surface area contributed by atoms with Gasteiger partial charge in [-0.25, -0.2) is 8.78 Å². The fourth-order valence-electron chi connectivity index (χ4n) is 5.58. The van der Waals surface area contributed by atoms with E-state index in [-0.39, 0.29) is 71.2 Å². The highest BCUT2D eigenvalue weighted by Gasteiger charge is 2.42. The molecule has 7 N–H and O–H groups in total. The molecular formula is C25H41Cl3F2N4O3. The third-order valence-corrected chi connectivity index (χ3v) is 7.15. The van der Waals surface area contributed by atoms with Crippen LogP contribution in [-0.2, 0) is 0 Å². The molecule has 2 aromatic rings. The first-order valence-corrected chi connectivity index (χ1v) is 11.7. The second-order valence-corrected chi connectivity index (χ2v) is 9.11. The molecule has 37 heavy (non-hydrogen) atoms. The molecule has 0 spiro atoms. The lowest BCUT2D eigenvalue weighted by Crippen LogP contribution is -2.45. The zero-order valence-corrected chi connectivity index (χ0v) is 23.2. The van der Waals surface area contributed by atoms with Crippen molar-refractivity contribution in [1.29, 1.82) is 0 Å². The Morgan fingerprint density at radius 2 is 1.35 bits per heavy atom. The van der Waals surface area contributed by atoms with E-state index in [0.29, 0.717) is 6.04 Å². The molecule has 3 aliphatic rings. The first-order chi connectivity index (χ1) is 15.2. The summed E-state index contributed by atoms with van der Waals surface area (Å²) in [4.78, 5) is 7.42. The van der Waals surface area contributed by atoms with Gasteiger partial charge in [-0.3, -0.25) is 0 Å². The highest BCUT2D eigenvalue weighted by Crippen LogP contribution is 2.48. The van der Waals surface area contributed by atoms with Crippen molar-refractivity contribution in [2.45, 2.75) is 31.2 Å². The van der Waals surface area contributed by atoms with Crippen molar-refractivity contribution >= 4 is 48.6 Å². The molecule has 0 saturated carbocycles. The number of nitrogens with zero attached hydrogens (tertiary/aromatic N) is 3. The van der Waals surface area contributed by atoms with Gasteiger partial charge < -0.3 is 36.4 Å². The normalized spacial score (nSPS) is 20.3. The van der Waals surface area contributed by atoms with Crippen LogP contribution in [0.1, 0.15) is 30.7 Å². The van der Waals surface area contributed by atoms with Crippen molar-refractivity contribution in [1.82, 2.24) is 15.1 Å². The van der Waals surface area contributed by atoms with Gasteiger partial charge in [-0.2, -0.15) is 0 Å². The van der Waals surface area contributed by atoms with E-state index in [1.54, 1.807) is 12.1 Å². The number of hydrogen-bond acceptors (Lipinski definition) is 4. The van der Waals surface area contributed by atoms with Gasteiger partial charge >= 0.3 is 0 Å². The van der Waals surface area contributed by atoms with Crippen LogP contribution in [0.2, 0.25) is 0 Å². The number of nitrogens with one attached hydrogen (secondary N) is 1. The van der Waals surface area contributed by atoms with Crippen LogP contribution in [0, 0.1) is 11.6 Å². The zero-order valence-electron chi connectivity index (χ0n) is 20.8. The quantitative estimate of drug-likeness (QED) is 0.522. The van der Waals surface area contributed by atoms with E-state index >= 15 is 0 Å². The van der Waals surface area contributed by atoms with Crippen LogP contribution in [0.3, 0.4) is 0 Å². The molecule has 7 nitrogen and oxygen atoms in total. The Labute approximate surface area is 236 Å². The SMILES string of the molecule is Cl.Cl.Cl.Fc1ccc(N2c3ccc(F)cc3[C@@H]3CN(CCCCN4CCNCC4)CC[C@H]32)cc1.O.O.O. The summed E-state index contributed by atoms with van der Waals surface area (Å²) in [6.45, 7) is 8.86. The van der Waals surface area contributed by atoms with Crippen molar-refractivity contribution in [2.75, 3.05) is 57.3 Å². The van der Waals surface area contributed by atoms with E-state index in [1.807, 2.05) is 18.2 Å². The fraction of sp³-hybridized carbons (Fsp3) is 0.520. The summed E-state index contributed by atoms with van der Waals surface area (Å²) in [5, 5.41) is 3.41. The van der Waals surface area contributed by atoms with E-state index in [4.69, 9.17) is 0 Å². The summed E-state index contributed by atoms with van der Waals surface area (Å²) in [5.74, 6) is -0.112. The molecule has 2 atom stereocenters. The predicted octanol–water partition coefficient (Wildman–Crippen LogP) is 2.75. The Hall–Kier alpha value is -1.27. The second kappa shape index (κ2) is 17.3. The lowest BCUT2D eigenvalue weighted by molar-refractivity contribution is 0.185. The van der Waals surface area contributed by atoms with Crippen LogP contribution in [0.4, 0.5) is 20.2 Å². The number of halogens is 5. The lowest BCUT2D eigenvalue weighted by atomic mass is 9.89. The molecule has 0 bridgehead atoms.